The van der Waals surface area contributed by atoms with Gasteiger partial charge >= 0.3 is 5.97 Å². The van der Waals surface area contributed by atoms with Gasteiger partial charge in [-0.25, -0.2) is 0 Å². The number of aliphatic carboxylic acids is 1. The summed E-state index contributed by atoms with van der Waals surface area (Å²) in [4.78, 5) is 13.1. The van der Waals surface area contributed by atoms with Crippen molar-refractivity contribution in [1.29, 1.82) is 0 Å². The number of methoxy groups -OCH3 is 1. The number of likely N-dealkylation sites (tertiary alicyclic amines) is 1. The summed E-state index contributed by atoms with van der Waals surface area (Å²) in [5, 5.41) is 11.7. The maximum Gasteiger partial charge on any atom is 0.320 e. The van der Waals surface area contributed by atoms with E-state index < -0.39 is 12.0 Å². The molecule has 5 nitrogen and oxygen atoms in total. The Hall–Kier alpha value is -0.650. The minimum absolute atomic E-state index is 0.312. The first-order chi connectivity index (χ1) is 7.67. The largest absolute Gasteiger partial charge is 0.480 e. The van der Waals surface area contributed by atoms with Crippen LogP contribution in [-0.2, 0) is 9.53 Å². The zero-order valence-corrected chi connectivity index (χ0v) is 10.1. The highest BCUT2D eigenvalue weighted by atomic mass is 16.5. The molecule has 1 aliphatic heterocycles. The molecule has 0 amide bonds. The standard InChI is InChI=1S/C11H22N2O3/c1-12-10(11(14)15)5-7-13-6-3-4-9(8-13)16-2/h9-10,12H,3-8H2,1-2H3,(H,14,15). The number of likely N-dealkylation sites (N-methyl/N-ethyl adjacent to an activating group) is 1. The summed E-state index contributed by atoms with van der Waals surface area (Å²) >= 11 is 0. The lowest BCUT2D eigenvalue weighted by Gasteiger charge is -2.32. The SMILES string of the molecule is CNC(CCN1CCCC(OC)C1)C(=O)O. The van der Waals surface area contributed by atoms with Gasteiger partial charge in [0.25, 0.3) is 0 Å². The van der Waals surface area contributed by atoms with Gasteiger partial charge < -0.3 is 20.1 Å². The van der Waals surface area contributed by atoms with E-state index in [1.165, 1.54) is 0 Å². The van der Waals surface area contributed by atoms with Crippen LogP contribution in [0.3, 0.4) is 0 Å². The Bertz CT molecular complexity index is 223. The molecule has 0 saturated carbocycles. The minimum Gasteiger partial charge on any atom is -0.480 e. The van der Waals surface area contributed by atoms with E-state index in [2.05, 4.69) is 10.2 Å². The van der Waals surface area contributed by atoms with E-state index >= 15 is 0 Å². The second kappa shape index (κ2) is 6.83. The highest BCUT2D eigenvalue weighted by molar-refractivity contribution is 5.73. The molecule has 0 aliphatic carbocycles. The number of carboxylic acid groups (broad SMARTS) is 1. The van der Waals surface area contributed by atoms with Crippen molar-refractivity contribution in [3.8, 4) is 0 Å². The first-order valence-corrected chi connectivity index (χ1v) is 5.82. The molecular formula is C11H22N2O3. The van der Waals surface area contributed by atoms with Gasteiger partial charge in [-0.1, -0.05) is 0 Å². The highest BCUT2D eigenvalue weighted by Gasteiger charge is 2.21. The highest BCUT2D eigenvalue weighted by Crippen LogP contribution is 2.12. The van der Waals surface area contributed by atoms with Crippen molar-refractivity contribution in [2.45, 2.75) is 31.4 Å². The van der Waals surface area contributed by atoms with Gasteiger partial charge in [-0.05, 0) is 32.9 Å². The zero-order valence-electron chi connectivity index (χ0n) is 10.1. The molecule has 16 heavy (non-hydrogen) atoms. The second-order valence-corrected chi connectivity index (χ2v) is 4.27. The van der Waals surface area contributed by atoms with Crippen LogP contribution >= 0.6 is 0 Å². The van der Waals surface area contributed by atoms with Crippen molar-refractivity contribution in [3.05, 3.63) is 0 Å². The predicted octanol–water partition coefficient (Wildman–Crippen LogP) is 0.160. The molecule has 0 radical (unpaired) electrons. The van der Waals surface area contributed by atoms with Gasteiger partial charge in [0, 0.05) is 20.2 Å². The number of hydrogen-bond donors (Lipinski definition) is 2. The molecular weight excluding hydrogens is 208 g/mol. The topological polar surface area (TPSA) is 61.8 Å². The quantitative estimate of drug-likeness (QED) is 0.680. The average molecular weight is 230 g/mol. The molecule has 1 rings (SSSR count). The van der Waals surface area contributed by atoms with Crippen molar-refractivity contribution in [2.24, 2.45) is 0 Å². The van der Waals surface area contributed by atoms with Gasteiger partial charge in [-0.2, -0.15) is 0 Å². The van der Waals surface area contributed by atoms with Crippen LogP contribution in [-0.4, -0.2) is 61.9 Å². The van der Waals surface area contributed by atoms with Crippen molar-refractivity contribution < 1.29 is 14.6 Å². The van der Waals surface area contributed by atoms with E-state index in [4.69, 9.17) is 9.84 Å². The Morgan fingerprint density at radius 3 is 3.00 bits per heavy atom. The van der Waals surface area contributed by atoms with Crippen LogP contribution in [0.4, 0.5) is 0 Å². The smallest absolute Gasteiger partial charge is 0.320 e. The number of piperidine rings is 1. The Morgan fingerprint density at radius 2 is 2.44 bits per heavy atom. The van der Waals surface area contributed by atoms with E-state index in [9.17, 15) is 4.79 Å². The molecule has 0 bridgehead atoms. The van der Waals surface area contributed by atoms with Crippen LogP contribution in [0.15, 0.2) is 0 Å². The third-order valence-corrected chi connectivity index (χ3v) is 3.18. The van der Waals surface area contributed by atoms with Crippen LogP contribution < -0.4 is 5.32 Å². The Kier molecular flexibility index (Phi) is 5.73. The Balaban J connectivity index is 2.28. The zero-order chi connectivity index (χ0) is 12.0. The van der Waals surface area contributed by atoms with Crippen molar-refractivity contribution in [1.82, 2.24) is 10.2 Å². The van der Waals surface area contributed by atoms with E-state index in [1.54, 1.807) is 14.2 Å². The first kappa shape index (κ1) is 13.4. The van der Waals surface area contributed by atoms with Gasteiger partial charge in [0.2, 0.25) is 0 Å². The van der Waals surface area contributed by atoms with Crippen LogP contribution in [0, 0.1) is 0 Å². The lowest BCUT2D eigenvalue weighted by atomic mass is 10.1. The molecule has 0 aromatic carbocycles. The number of carbonyl (C=O) groups is 1. The molecule has 0 aromatic heterocycles. The van der Waals surface area contributed by atoms with E-state index in [-0.39, 0.29) is 0 Å². The Morgan fingerprint density at radius 1 is 1.69 bits per heavy atom. The van der Waals surface area contributed by atoms with Crippen LogP contribution in [0.5, 0.6) is 0 Å². The lowest BCUT2D eigenvalue weighted by Crippen LogP contribution is -2.43. The molecule has 1 heterocycles. The summed E-state index contributed by atoms with van der Waals surface area (Å²) in [6.07, 6.45) is 3.20. The molecule has 2 atom stereocenters. The van der Waals surface area contributed by atoms with Gasteiger partial charge in [-0.15, -0.1) is 0 Å². The molecule has 1 aliphatic rings. The van der Waals surface area contributed by atoms with E-state index in [1.807, 2.05) is 0 Å². The van der Waals surface area contributed by atoms with Crippen molar-refractivity contribution in [3.63, 3.8) is 0 Å². The van der Waals surface area contributed by atoms with Crippen molar-refractivity contribution in [2.75, 3.05) is 33.8 Å². The average Bonchev–Trinajstić information content (AvgIpc) is 2.29. The summed E-state index contributed by atoms with van der Waals surface area (Å²) in [7, 11) is 3.43. The fraction of sp³-hybridized carbons (Fsp3) is 0.909. The first-order valence-electron chi connectivity index (χ1n) is 5.82. The molecule has 0 spiro atoms. The molecule has 5 heteroatoms. The van der Waals surface area contributed by atoms with Crippen molar-refractivity contribution >= 4 is 5.97 Å². The molecule has 1 fully saturated rings. The number of nitrogens with one attached hydrogen (secondary N) is 1. The van der Waals surface area contributed by atoms with Gasteiger partial charge in [0.1, 0.15) is 6.04 Å². The number of nitrogens with zero attached hydrogens (tertiary/aromatic N) is 1. The third kappa shape index (κ3) is 4.08. The van der Waals surface area contributed by atoms with Crippen LogP contribution in [0.1, 0.15) is 19.3 Å². The Labute approximate surface area is 96.8 Å². The summed E-state index contributed by atoms with van der Waals surface area (Å²) < 4.78 is 5.33. The van der Waals surface area contributed by atoms with E-state index in [0.717, 1.165) is 32.5 Å². The fourth-order valence-corrected chi connectivity index (χ4v) is 2.11. The minimum atomic E-state index is -0.775. The number of carboxylic acids is 1. The molecule has 1 saturated heterocycles. The van der Waals surface area contributed by atoms with Gasteiger partial charge in [0.15, 0.2) is 0 Å². The molecule has 2 unspecified atom stereocenters. The predicted molar refractivity (Wildman–Crippen MR) is 61.6 cm³/mol. The fourth-order valence-electron chi connectivity index (χ4n) is 2.11. The molecule has 0 aromatic rings. The third-order valence-electron chi connectivity index (χ3n) is 3.18. The second-order valence-electron chi connectivity index (χ2n) is 4.27. The normalized spacial score (nSPS) is 24.2. The van der Waals surface area contributed by atoms with Gasteiger partial charge in [0.05, 0.1) is 6.10 Å². The summed E-state index contributed by atoms with van der Waals surface area (Å²) in [6.45, 7) is 2.79. The maximum atomic E-state index is 10.8. The lowest BCUT2D eigenvalue weighted by molar-refractivity contribution is -0.139. The summed E-state index contributed by atoms with van der Waals surface area (Å²) in [5.41, 5.74) is 0. The number of rotatable bonds is 6. The molecule has 2 N–H and O–H groups in total. The number of hydrogen-bond acceptors (Lipinski definition) is 4. The number of ether oxygens (including phenoxy) is 1. The van der Waals surface area contributed by atoms with Crippen LogP contribution in [0.2, 0.25) is 0 Å². The van der Waals surface area contributed by atoms with E-state index in [0.29, 0.717) is 12.5 Å². The summed E-state index contributed by atoms with van der Waals surface area (Å²) in [6, 6.07) is -0.442. The van der Waals surface area contributed by atoms with Crippen LogP contribution in [0.25, 0.3) is 0 Å². The maximum absolute atomic E-state index is 10.8. The van der Waals surface area contributed by atoms with Gasteiger partial charge in [-0.3, -0.25) is 4.79 Å². The summed E-state index contributed by atoms with van der Waals surface area (Å²) in [5.74, 6) is -0.775. The monoisotopic (exact) mass is 230 g/mol. The molecule has 94 valence electrons.